The molecule has 2 aliphatic heterocycles. The highest BCUT2D eigenvalue weighted by Crippen LogP contribution is 2.37. The van der Waals surface area contributed by atoms with E-state index in [9.17, 15) is 19.2 Å². The Balaban J connectivity index is 1.80. The number of aromatic nitrogens is 1. The van der Waals surface area contributed by atoms with Gasteiger partial charge in [0.2, 0.25) is 0 Å². The van der Waals surface area contributed by atoms with Crippen LogP contribution in [-0.4, -0.2) is 32.8 Å². The summed E-state index contributed by atoms with van der Waals surface area (Å²) in [5.74, 6) is 0.201. The Morgan fingerprint density at radius 2 is 1.86 bits per heavy atom. The monoisotopic (exact) mass is 510 g/mol. The van der Waals surface area contributed by atoms with Crippen LogP contribution in [0.2, 0.25) is 0 Å². The van der Waals surface area contributed by atoms with Crippen molar-refractivity contribution >= 4 is 46.1 Å². The van der Waals surface area contributed by atoms with E-state index in [2.05, 4.69) is 11.0 Å². The first-order valence-electron chi connectivity index (χ1n) is 11.8. The number of pyridine rings is 1. The Bertz CT molecular complexity index is 1290. The number of thioether (sulfide) groups is 1. The molecule has 0 radical (unpaired) electrons. The van der Waals surface area contributed by atoms with Crippen LogP contribution in [0, 0.1) is 24.1 Å². The van der Waals surface area contributed by atoms with Gasteiger partial charge < -0.3 is 4.90 Å². The van der Waals surface area contributed by atoms with Crippen molar-refractivity contribution in [3.63, 3.8) is 0 Å². The van der Waals surface area contributed by atoms with Crippen LogP contribution in [0.25, 0.3) is 6.08 Å². The first-order valence-corrected chi connectivity index (χ1v) is 13.0. The van der Waals surface area contributed by atoms with Crippen LogP contribution in [0.3, 0.4) is 0 Å². The van der Waals surface area contributed by atoms with Crippen LogP contribution in [0.4, 0.5) is 10.2 Å². The molecule has 4 rings (SSSR count). The van der Waals surface area contributed by atoms with E-state index in [4.69, 9.17) is 12.2 Å². The number of hydrogen-bond acceptors (Lipinski definition) is 6. The highest BCUT2D eigenvalue weighted by Gasteiger charge is 2.33. The van der Waals surface area contributed by atoms with E-state index in [1.54, 1.807) is 29.7 Å². The predicted octanol–water partition coefficient (Wildman–Crippen LogP) is 4.97. The molecule has 6 nitrogen and oxygen atoms in total. The van der Waals surface area contributed by atoms with E-state index in [0.29, 0.717) is 21.3 Å². The summed E-state index contributed by atoms with van der Waals surface area (Å²) in [7, 11) is 0. The molecule has 2 saturated heterocycles. The van der Waals surface area contributed by atoms with Gasteiger partial charge in [-0.3, -0.25) is 19.1 Å². The summed E-state index contributed by atoms with van der Waals surface area (Å²) in [4.78, 5) is 30.7. The molecule has 1 amide bonds. The zero-order valence-electron chi connectivity index (χ0n) is 19.8. The number of anilines is 1. The standard InChI is InChI=1S/C26H27FN4O2S2/c1-3-11-30-23(29-12-5-4-6-13-29)20(17(2)21(15-28)24(30)32)14-22-25(33)31(26(34)35-22)16-18-7-9-19(27)10-8-18/h7-10,14H,3-6,11-13,16H2,1-2H3/b22-14+. The molecule has 3 heterocycles. The molecule has 2 fully saturated rings. The number of carbonyl (C=O) groups is 1. The molecule has 0 bridgehead atoms. The van der Waals surface area contributed by atoms with Gasteiger partial charge in [-0.05, 0) is 61.9 Å². The summed E-state index contributed by atoms with van der Waals surface area (Å²) < 4.78 is 15.4. The van der Waals surface area contributed by atoms with Crippen LogP contribution in [0.15, 0.2) is 34.0 Å². The van der Waals surface area contributed by atoms with Crippen molar-refractivity contribution < 1.29 is 9.18 Å². The summed E-state index contributed by atoms with van der Waals surface area (Å²) in [6, 6.07) is 8.07. The fraction of sp³-hybridized carbons (Fsp3) is 0.385. The van der Waals surface area contributed by atoms with Gasteiger partial charge >= 0.3 is 0 Å². The van der Waals surface area contributed by atoms with Crippen LogP contribution in [-0.2, 0) is 17.9 Å². The molecular formula is C26H27FN4O2S2. The fourth-order valence-corrected chi connectivity index (χ4v) is 5.80. The Morgan fingerprint density at radius 3 is 2.49 bits per heavy atom. The first-order chi connectivity index (χ1) is 16.8. The zero-order chi connectivity index (χ0) is 25.1. The molecule has 1 aromatic carbocycles. The van der Waals surface area contributed by atoms with Gasteiger partial charge in [0.25, 0.3) is 11.5 Å². The quantitative estimate of drug-likeness (QED) is 0.404. The number of carbonyl (C=O) groups excluding carboxylic acids is 1. The second kappa shape index (κ2) is 10.8. The third-order valence-corrected chi connectivity index (χ3v) is 7.73. The molecule has 1 aromatic heterocycles. The predicted molar refractivity (Wildman–Crippen MR) is 142 cm³/mol. The second-order valence-electron chi connectivity index (χ2n) is 8.75. The zero-order valence-corrected chi connectivity index (χ0v) is 21.5. The van der Waals surface area contributed by atoms with Crippen molar-refractivity contribution in [2.24, 2.45) is 0 Å². The van der Waals surface area contributed by atoms with Crippen molar-refractivity contribution in [2.75, 3.05) is 18.0 Å². The highest BCUT2D eigenvalue weighted by atomic mass is 32.2. The van der Waals surface area contributed by atoms with Crippen LogP contribution in [0.1, 0.15) is 54.9 Å². The Morgan fingerprint density at radius 1 is 1.17 bits per heavy atom. The first kappa shape index (κ1) is 25.1. The van der Waals surface area contributed by atoms with Gasteiger partial charge in [0.1, 0.15) is 27.6 Å². The average molecular weight is 511 g/mol. The molecule has 9 heteroatoms. The molecule has 35 heavy (non-hydrogen) atoms. The van der Waals surface area contributed by atoms with Gasteiger partial charge in [-0.25, -0.2) is 4.39 Å². The van der Waals surface area contributed by atoms with Gasteiger partial charge in [-0.15, -0.1) is 0 Å². The third-order valence-electron chi connectivity index (χ3n) is 6.35. The summed E-state index contributed by atoms with van der Waals surface area (Å²) >= 11 is 6.70. The van der Waals surface area contributed by atoms with Crippen molar-refractivity contribution in [1.29, 1.82) is 5.26 Å². The smallest absolute Gasteiger partial charge is 0.270 e. The SMILES string of the molecule is CCCn1c(N2CCCCC2)c(/C=C2/SC(=S)N(Cc3ccc(F)cc3)C2=O)c(C)c(C#N)c1=O. The number of piperidine rings is 1. The van der Waals surface area contributed by atoms with Crippen LogP contribution in [0.5, 0.6) is 0 Å². The summed E-state index contributed by atoms with van der Waals surface area (Å²) in [6.07, 6.45) is 5.72. The van der Waals surface area contributed by atoms with Crippen LogP contribution >= 0.6 is 24.0 Å². The molecule has 0 aliphatic carbocycles. The van der Waals surface area contributed by atoms with E-state index in [0.717, 1.165) is 55.7 Å². The topological polar surface area (TPSA) is 69.3 Å². The van der Waals surface area contributed by atoms with Crippen molar-refractivity contribution in [1.82, 2.24) is 9.47 Å². The van der Waals surface area contributed by atoms with E-state index < -0.39 is 0 Å². The number of nitriles is 1. The Kier molecular flexibility index (Phi) is 7.72. The van der Waals surface area contributed by atoms with Crippen molar-refractivity contribution in [3.05, 3.63) is 67.6 Å². The van der Waals surface area contributed by atoms with Gasteiger partial charge in [0.05, 0.1) is 11.4 Å². The van der Waals surface area contributed by atoms with E-state index in [1.807, 2.05) is 6.92 Å². The van der Waals surface area contributed by atoms with Gasteiger partial charge in [0, 0.05) is 25.2 Å². The lowest BCUT2D eigenvalue weighted by Crippen LogP contribution is -2.37. The maximum absolute atomic E-state index is 13.4. The maximum atomic E-state index is 13.4. The number of hydrogen-bond donors (Lipinski definition) is 0. The minimum atomic E-state index is -0.338. The largest absolute Gasteiger partial charge is 0.357 e. The highest BCUT2D eigenvalue weighted by molar-refractivity contribution is 8.26. The normalized spacial score (nSPS) is 17.4. The van der Waals surface area contributed by atoms with Gasteiger partial charge in [-0.1, -0.05) is 43.0 Å². The lowest BCUT2D eigenvalue weighted by molar-refractivity contribution is -0.122. The average Bonchev–Trinajstić information content (AvgIpc) is 3.11. The molecular weight excluding hydrogens is 483 g/mol. The summed E-state index contributed by atoms with van der Waals surface area (Å²) in [5, 5.41) is 9.77. The summed E-state index contributed by atoms with van der Waals surface area (Å²) in [5.41, 5.74) is 1.89. The molecule has 182 valence electrons. The molecule has 0 N–H and O–H groups in total. The van der Waals surface area contributed by atoms with Crippen LogP contribution < -0.4 is 10.5 Å². The number of benzene rings is 1. The molecule has 2 aliphatic rings. The van der Waals surface area contributed by atoms with E-state index >= 15 is 0 Å². The van der Waals surface area contributed by atoms with Crippen molar-refractivity contribution in [3.8, 4) is 6.07 Å². The lowest BCUT2D eigenvalue weighted by atomic mass is 10.0. The van der Waals surface area contributed by atoms with Gasteiger partial charge in [-0.2, -0.15) is 5.26 Å². The minimum Gasteiger partial charge on any atom is -0.357 e. The molecule has 0 unspecified atom stereocenters. The van der Waals surface area contributed by atoms with Crippen molar-refractivity contribution in [2.45, 2.75) is 52.6 Å². The maximum Gasteiger partial charge on any atom is 0.270 e. The molecule has 0 spiro atoms. The number of thiocarbonyl (C=S) groups is 1. The third kappa shape index (κ3) is 5.04. The fourth-order valence-electron chi connectivity index (χ4n) is 4.56. The summed E-state index contributed by atoms with van der Waals surface area (Å²) in [6.45, 7) is 6.15. The second-order valence-corrected chi connectivity index (χ2v) is 10.4. The minimum absolute atomic E-state index is 0.104. The number of halogens is 1. The van der Waals surface area contributed by atoms with E-state index in [1.165, 1.54) is 28.8 Å². The molecule has 2 aromatic rings. The lowest BCUT2D eigenvalue weighted by Gasteiger charge is -2.33. The molecule has 0 saturated carbocycles. The molecule has 0 atom stereocenters. The Labute approximate surface area is 214 Å². The number of amides is 1. The Hall–Kier alpha value is -2.96. The van der Waals surface area contributed by atoms with Gasteiger partial charge in [0.15, 0.2) is 0 Å². The number of nitrogens with zero attached hydrogens (tertiary/aromatic N) is 4. The van der Waals surface area contributed by atoms with E-state index in [-0.39, 0.29) is 29.4 Å². The number of rotatable bonds is 6.